The Kier molecular flexibility index (Phi) is 6.13. The fourth-order valence-corrected chi connectivity index (χ4v) is 2.01. The summed E-state index contributed by atoms with van der Waals surface area (Å²) in [7, 11) is 0. The summed E-state index contributed by atoms with van der Waals surface area (Å²) in [5.74, 6) is 0.577. The van der Waals surface area contributed by atoms with Crippen LogP contribution in [0.25, 0.3) is 6.08 Å². The zero-order valence-corrected chi connectivity index (χ0v) is 11.5. The second-order valence-electron chi connectivity index (χ2n) is 4.98. The molecule has 1 heteroatoms. The minimum Gasteiger partial charge on any atom is -0.303 e. The Labute approximate surface area is 110 Å². The van der Waals surface area contributed by atoms with E-state index in [1.807, 2.05) is 25.1 Å². The molecule has 0 aliphatic rings. The third kappa shape index (κ3) is 5.62. The summed E-state index contributed by atoms with van der Waals surface area (Å²) in [6.07, 6.45) is 8.40. The van der Waals surface area contributed by atoms with Crippen LogP contribution in [0.4, 0.5) is 0 Å². The van der Waals surface area contributed by atoms with Crippen LogP contribution in [0.5, 0.6) is 0 Å². The maximum atomic E-state index is 10.6. The predicted molar refractivity (Wildman–Crippen MR) is 78.2 cm³/mol. The van der Waals surface area contributed by atoms with Gasteiger partial charge in [0.2, 0.25) is 0 Å². The number of allylic oxidation sites excluding steroid dienone is 3. The van der Waals surface area contributed by atoms with Crippen LogP contribution in [0.15, 0.2) is 48.1 Å². The van der Waals surface area contributed by atoms with Gasteiger partial charge in [-0.3, -0.25) is 0 Å². The lowest BCUT2D eigenvalue weighted by Crippen LogP contribution is -2.02. The minimum atomic E-state index is 0.141. The first-order chi connectivity index (χ1) is 8.61. The number of hydrogen-bond donors (Lipinski definition) is 0. The maximum absolute atomic E-state index is 10.6. The van der Waals surface area contributed by atoms with Gasteiger partial charge in [0.05, 0.1) is 0 Å². The first kappa shape index (κ1) is 14.4. The van der Waals surface area contributed by atoms with Crippen molar-refractivity contribution in [2.75, 3.05) is 0 Å². The molecule has 96 valence electrons. The molecule has 1 nitrogen and oxygen atoms in total. The molecule has 2 atom stereocenters. The summed E-state index contributed by atoms with van der Waals surface area (Å²) in [6, 6.07) is 10.3. The second-order valence-corrected chi connectivity index (χ2v) is 4.98. The molecule has 1 aromatic rings. The van der Waals surface area contributed by atoms with E-state index >= 15 is 0 Å². The number of hydrogen-bond acceptors (Lipinski definition) is 1. The normalized spacial score (nSPS) is 15.6. The van der Waals surface area contributed by atoms with E-state index in [1.165, 1.54) is 11.1 Å². The van der Waals surface area contributed by atoms with E-state index in [4.69, 9.17) is 0 Å². The average Bonchev–Trinajstić information content (AvgIpc) is 2.37. The van der Waals surface area contributed by atoms with E-state index in [2.05, 4.69) is 44.2 Å². The fraction of sp³-hybridized carbons (Fsp3) is 0.353. The monoisotopic (exact) mass is 242 g/mol. The van der Waals surface area contributed by atoms with Gasteiger partial charge in [0.25, 0.3) is 0 Å². The molecule has 0 heterocycles. The second kappa shape index (κ2) is 7.65. The summed E-state index contributed by atoms with van der Waals surface area (Å²) in [5.41, 5.74) is 2.45. The molecule has 0 bridgehead atoms. The van der Waals surface area contributed by atoms with Gasteiger partial charge in [0, 0.05) is 5.92 Å². The van der Waals surface area contributed by atoms with Crippen LogP contribution in [0.2, 0.25) is 0 Å². The van der Waals surface area contributed by atoms with Crippen molar-refractivity contribution in [1.82, 2.24) is 0 Å². The minimum absolute atomic E-state index is 0.141. The van der Waals surface area contributed by atoms with Crippen molar-refractivity contribution in [1.29, 1.82) is 0 Å². The highest BCUT2D eigenvalue weighted by Gasteiger charge is 2.04. The van der Waals surface area contributed by atoms with Crippen LogP contribution in [-0.4, -0.2) is 6.29 Å². The number of aldehydes is 1. The van der Waals surface area contributed by atoms with Gasteiger partial charge in [-0.15, -0.1) is 0 Å². The van der Waals surface area contributed by atoms with E-state index in [0.717, 1.165) is 12.7 Å². The molecule has 1 aromatic carbocycles. The zero-order valence-electron chi connectivity index (χ0n) is 11.5. The first-order valence-corrected chi connectivity index (χ1v) is 6.48. The molecule has 0 saturated carbocycles. The van der Waals surface area contributed by atoms with Gasteiger partial charge < -0.3 is 4.79 Å². The molecule has 0 aromatic heterocycles. The summed E-state index contributed by atoms with van der Waals surface area (Å²) >= 11 is 0. The average molecular weight is 242 g/mol. The van der Waals surface area contributed by atoms with Gasteiger partial charge >= 0.3 is 0 Å². The molecule has 18 heavy (non-hydrogen) atoms. The van der Waals surface area contributed by atoms with Gasteiger partial charge in [-0.05, 0) is 24.8 Å². The van der Waals surface area contributed by atoms with E-state index in [0.29, 0.717) is 5.92 Å². The zero-order chi connectivity index (χ0) is 13.4. The van der Waals surface area contributed by atoms with Crippen LogP contribution in [0.3, 0.4) is 0 Å². The van der Waals surface area contributed by atoms with Crippen molar-refractivity contribution in [2.45, 2.75) is 27.2 Å². The Morgan fingerprint density at radius 3 is 2.44 bits per heavy atom. The van der Waals surface area contributed by atoms with Crippen LogP contribution in [0, 0.1) is 11.8 Å². The predicted octanol–water partition coefficient (Wildman–Crippen LogP) is 4.51. The Balaban J connectivity index is 2.56. The summed E-state index contributed by atoms with van der Waals surface area (Å²) in [4.78, 5) is 10.6. The molecule has 0 N–H and O–H groups in total. The molecule has 1 rings (SSSR count). The highest BCUT2D eigenvalue weighted by molar-refractivity contribution is 5.53. The van der Waals surface area contributed by atoms with E-state index in [9.17, 15) is 4.79 Å². The summed E-state index contributed by atoms with van der Waals surface area (Å²) in [5, 5.41) is 0. The first-order valence-electron chi connectivity index (χ1n) is 6.48. The quantitative estimate of drug-likeness (QED) is 0.530. The number of benzene rings is 1. The Morgan fingerprint density at radius 2 is 1.83 bits per heavy atom. The molecule has 0 fully saturated rings. The van der Waals surface area contributed by atoms with E-state index < -0.39 is 0 Å². The van der Waals surface area contributed by atoms with Crippen molar-refractivity contribution in [3.8, 4) is 0 Å². The van der Waals surface area contributed by atoms with Crippen molar-refractivity contribution >= 4 is 12.4 Å². The number of carbonyl (C=O) groups is 1. The molecule has 0 saturated heterocycles. The van der Waals surface area contributed by atoms with Crippen LogP contribution in [-0.2, 0) is 4.79 Å². The van der Waals surface area contributed by atoms with Crippen molar-refractivity contribution < 1.29 is 4.79 Å². The lowest BCUT2D eigenvalue weighted by Gasteiger charge is -2.09. The van der Waals surface area contributed by atoms with Gasteiger partial charge in [-0.2, -0.15) is 0 Å². The van der Waals surface area contributed by atoms with E-state index in [1.54, 1.807) is 0 Å². The standard InChI is InChI=1S/C17H22O/c1-14(11-15(2)12-16(3)13-18)9-10-17-7-5-4-6-8-17/h4-11,13,15-16H,12H2,1-3H3/b10-9+,14-11+/t15-,16+/m0/s1. The molecule has 0 radical (unpaired) electrons. The molecule has 0 aliphatic heterocycles. The largest absolute Gasteiger partial charge is 0.303 e. The maximum Gasteiger partial charge on any atom is 0.122 e. The Morgan fingerprint density at radius 1 is 1.17 bits per heavy atom. The Hall–Kier alpha value is -1.63. The molecule has 0 aliphatic carbocycles. The van der Waals surface area contributed by atoms with Gasteiger partial charge in [-0.1, -0.05) is 68.0 Å². The number of rotatable bonds is 6. The van der Waals surface area contributed by atoms with Crippen molar-refractivity contribution in [3.63, 3.8) is 0 Å². The van der Waals surface area contributed by atoms with Crippen molar-refractivity contribution in [2.24, 2.45) is 11.8 Å². The fourth-order valence-electron chi connectivity index (χ4n) is 2.01. The van der Waals surface area contributed by atoms with Gasteiger partial charge in [-0.25, -0.2) is 0 Å². The highest BCUT2D eigenvalue weighted by Crippen LogP contribution is 2.14. The summed E-state index contributed by atoms with van der Waals surface area (Å²) < 4.78 is 0. The van der Waals surface area contributed by atoms with Crippen LogP contribution in [0.1, 0.15) is 32.8 Å². The van der Waals surface area contributed by atoms with Crippen molar-refractivity contribution in [3.05, 3.63) is 53.6 Å². The van der Waals surface area contributed by atoms with E-state index in [-0.39, 0.29) is 5.92 Å². The third-order valence-corrected chi connectivity index (χ3v) is 2.86. The molecule has 0 spiro atoms. The third-order valence-electron chi connectivity index (χ3n) is 2.86. The smallest absolute Gasteiger partial charge is 0.122 e. The number of carbonyl (C=O) groups excluding carboxylic acids is 1. The molecule has 0 amide bonds. The van der Waals surface area contributed by atoms with Gasteiger partial charge in [0.1, 0.15) is 6.29 Å². The van der Waals surface area contributed by atoms with Gasteiger partial charge in [0.15, 0.2) is 0 Å². The summed E-state index contributed by atoms with van der Waals surface area (Å²) in [6.45, 7) is 6.22. The lowest BCUT2D eigenvalue weighted by atomic mass is 9.96. The molecular weight excluding hydrogens is 220 g/mol. The Bertz CT molecular complexity index is 414. The lowest BCUT2D eigenvalue weighted by molar-refractivity contribution is -0.110. The topological polar surface area (TPSA) is 17.1 Å². The van der Waals surface area contributed by atoms with Crippen LogP contribution >= 0.6 is 0 Å². The van der Waals surface area contributed by atoms with Crippen LogP contribution < -0.4 is 0 Å². The highest BCUT2D eigenvalue weighted by atomic mass is 16.1. The molecular formula is C17H22O. The molecule has 0 unspecified atom stereocenters. The SMILES string of the molecule is CC(/C=C/c1ccccc1)=C\[C@H](C)C[C@@H](C)C=O.